The van der Waals surface area contributed by atoms with Crippen molar-refractivity contribution in [1.29, 1.82) is 5.26 Å². The van der Waals surface area contributed by atoms with Gasteiger partial charge in [0.15, 0.2) is 5.71 Å². The smallest absolute Gasteiger partial charge is 0.323 e. The zero-order valence-electron chi connectivity index (χ0n) is 18.9. The number of nitrogens with one attached hydrogen (secondary N) is 1. The molecular weight excluding hydrogens is 464 g/mol. The molecule has 2 aromatic rings. The monoisotopic (exact) mass is 488 g/mol. The van der Waals surface area contributed by atoms with Crippen molar-refractivity contribution < 1.29 is 22.4 Å². The molecular formula is C24H24F4N6O. The van der Waals surface area contributed by atoms with E-state index >= 15 is 0 Å². The highest BCUT2D eigenvalue weighted by Gasteiger charge is 2.64. The standard InChI is InChI=1S/C24H24F4N6O/c1-15-5-7-17(8-6-15)31-22(35)23(33-11-3-2-4-12-33)20(30)21(24(26,27)28)32-34(23)18-9-10-19(25)16(13-18)14-29/h5-10,13,20H,2-4,11-12,30H2,1H3,(H,31,35)/t20-,23?/m1/s1. The van der Waals surface area contributed by atoms with Gasteiger partial charge in [0, 0.05) is 18.8 Å². The van der Waals surface area contributed by atoms with E-state index in [2.05, 4.69) is 10.4 Å². The predicted octanol–water partition coefficient (Wildman–Crippen LogP) is 3.89. The summed E-state index contributed by atoms with van der Waals surface area (Å²) >= 11 is 0. The summed E-state index contributed by atoms with van der Waals surface area (Å²) in [6, 6.07) is 9.80. The Hall–Kier alpha value is -3.49. The van der Waals surface area contributed by atoms with E-state index in [1.807, 2.05) is 6.92 Å². The number of nitrogens with zero attached hydrogens (tertiary/aromatic N) is 4. The molecule has 4 rings (SSSR count). The van der Waals surface area contributed by atoms with Crippen LogP contribution in [0.5, 0.6) is 0 Å². The van der Waals surface area contributed by atoms with Crippen LogP contribution in [-0.4, -0.2) is 47.5 Å². The van der Waals surface area contributed by atoms with E-state index in [4.69, 9.17) is 5.73 Å². The molecule has 3 N–H and O–H groups in total. The van der Waals surface area contributed by atoms with Gasteiger partial charge < -0.3 is 11.1 Å². The summed E-state index contributed by atoms with van der Waals surface area (Å²) in [4.78, 5) is 15.6. The molecule has 1 fully saturated rings. The van der Waals surface area contributed by atoms with Crippen LogP contribution in [0, 0.1) is 24.1 Å². The normalized spacial score (nSPS) is 23.1. The molecule has 2 aliphatic heterocycles. The second-order valence-corrected chi connectivity index (χ2v) is 8.64. The number of amides is 1. The molecule has 35 heavy (non-hydrogen) atoms. The van der Waals surface area contributed by atoms with Crippen LogP contribution in [0.2, 0.25) is 0 Å². The lowest BCUT2D eigenvalue weighted by atomic mass is 9.90. The van der Waals surface area contributed by atoms with E-state index in [0.717, 1.165) is 29.1 Å². The van der Waals surface area contributed by atoms with Crippen molar-refractivity contribution in [2.24, 2.45) is 10.8 Å². The second-order valence-electron chi connectivity index (χ2n) is 8.64. The molecule has 2 aliphatic rings. The fourth-order valence-corrected chi connectivity index (χ4v) is 4.59. The van der Waals surface area contributed by atoms with Crippen LogP contribution >= 0.6 is 0 Å². The molecule has 184 valence electrons. The molecule has 7 nitrogen and oxygen atoms in total. The Labute approximate surface area is 199 Å². The highest BCUT2D eigenvalue weighted by Crippen LogP contribution is 2.41. The first-order valence-corrected chi connectivity index (χ1v) is 11.1. The molecule has 0 radical (unpaired) electrons. The molecule has 1 saturated heterocycles. The van der Waals surface area contributed by atoms with E-state index in [1.54, 1.807) is 35.2 Å². The van der Waals surface area contributed by atoms with Gasteiger partial charge in [0.2, 0.25) is 5.66 Å². The van der Waals surface area contributed by atoms with Crippen molar-refractivity contribution in [2.75, 3.05) is 23.4 Å². The van der Waals surface area contributed by atoms with Gasteiger partial charge in [0.25, 0.3) is 5.91 Å². The Morgan fingerprint density at radius 1 is 1.17 bits per heavy atom. The molecule has 0 spiro atoms. The van der Waals surface area contributed by atoms with Gasteiger partial charge in [0.05, 0.1) is 11.3 Å². The lowest BCUT2D eigenvalue weighted by molar-refractivity contribution is -0.129. The highest BCUT2D eigenvalue weighted by atomic mass is 19.4. The number of likely N-dealkylation sites (tertiary alicyclic amines) is 1. The third kappa shape index (κ3) is 4.35. The first-order valence-electron chi connectivity index (χ1n) is 11.1. The second kappa shape index (κ2) is 9.28. The summed E-state index contributed by atoms with van der Waals surface area (Å²) < 4.78 is 56.2. The SMILES string of the molecule is Cc1ccc(NC(=O)C2(N3CCCCC3)[C@H](N)C(C(F)(F)F)=NN2c2ccc(F)c(C#N)c2)cc1. The maximum Gasteiger partial charge on any atom is 0.432 e. The zero-order valence-corrected chi connectivity index (χ0v) is 18.9. The minimum atomic E-state index is -4.92. The molecule has 2 aromatic carbocycles. The van der Waals surface area contributed by atoms with E-state index < -0.39 is 40.9 Å². The molecule has 2 heterocycles. The number of rotatable bonds is 4. The molecule has 1 amide bonds. The van der Waals surface area contributed by atoms with Crippen LogP contribution < -0.4 is 16.1 Å². The Morgan fingerprint density at radius 3 is 2.43 bits per heavy atom. The van der Waals surface area contributed by atoms with Gasteiger partial charge in [-0.3, -0.25) is 9.69 Å². The maximum absolute atomic E-state index is 14.1. The molecule has 1 unspecified atom stereocenters. The average molecular weight is 488 g/mol. The fraction of sp³-hybridized carbons (Fsp3) is 0.375. The number of carbonyl (C=O) groups is 1. The van der Waals surface area contributed by atoms with Crippen LogP contribution in [0.1, 0.15) is 30.4 Å². The van der Waals surface area contributed by atoms with E-state index in [-0.39, 0.29) is 5.69 Å². The van der Waals surface area contributed by atoms with Crippen LogP contribution in [0.25, 0.3) is 0 Å². The number of piperidine rings is 1. The number of nitrogens with two attached hydrogens (primary N) is 1. The number of halogens is 4. The van der Waals surface area contributed by atoms with Crippen LogP contribution in [0.3, 0.4) is 0 Å². The first-order chi connectivity index (χ1) is 16.6. The molecule has 11 heteroatoms. The van der Waals surface area contributed by atoms with Gasteiger partial charge in [-0.15, -0.1) is 0 Å². The zero-order chi connectivity index (χ0) is 25.4. The Bertz CT molecular complexity index is 1180. The van der Waals surface area contributed by atoms with Crippen molar-refractivity contribution in [3.05, 3.63) is 59.4 Å². The Morgan fingerprint density at radius 2 is 1.83 bits per heavy atom. The lowest BCUT2D eigenvalue weighted by Crippen LogP contribution is -2.74. The number of benzene rings is 2. The van der Waals surface area contributed by atoms with E-state index in [9.17, 15) is 27.6 Å². The van der Waals surface area contributed by atoms with Crippen molar-refractivity contribution in [3.8, 4) is 6.07 Å². The molecule has 0 saturated carbocycles. The number of anilines is 2. The van der Waals surface area contributed by atoms with Gasteiger partial charge in [-0.2, -0.15) is 23.5 Å². The van der Waals surface area contributed by atoms with Crippen molar-refractivity contribution in [1.82, 2.24) is 4.90 Å². The topological polar surface area (TPSA) is 97.8 Å². The largest absolute Gasteiger partial charge is 0.432 e. The molecule has 0 aliphatic carbocycles. The molecule has 2 atom stereocenters. The fourth-order valence-electron chi connectivity index (χ4n) is 4.59. The minimum Gasteiger partial charge on any atom is -0.323 e. The van der Waals surface area contributed by atoms with Gasteiger partial charge in [-0.25, -0.2) is 9.40 Å². The van der Waals surface area contributed by atoms with E-state index in [0.29, 0.717) is 31.6 Å². The van der Waals surface area contributed by atoms with E-state index in [1.165, 1.54) is 6.07 Å². The number of carbonyl (C=O) groups excluding carboxylic acids is 1. The number of hydrogen-bond acceptors (Lipinski definition) is 6. The maximum atomic E-state index is 14.1. The number of alkyl halides is 3. The van der Waals surface area contributed by atoms with Gasteiger partial charge in [-0.1, -0.05) is 24.1 Å². The predicted molar refractivity (Wildman–Crippen MR) is 123 cm³/mol. The van der Waals surface area contributed by atoms with Crippen LogP contribution in [0.4, 0.5) is 28.9 Å². The number of aryl methyl sites for hydroxylation is 1. The molecule has 0 bridgehead atoms. The Kier molecular flexibility index (Phi) is 6.53. The van der Waals surface area contributed by atoms with Crippen LogP contribution in [0.15, 0.2) is 47.6 Å². The van der Waals surface area contributed by atoms with Crippen molar-refractivity contribution in [2.45, 2.75) is 44.1 Å². The summed E-state index contributed by atoms with van der Waals surface area (Å²) in [7, 11) is 0. The summed E-state index contributed by atoms with van der Waals surface area (Å²) in [5.41, 5.74) is 3.69. The highest BCUT2D eigenvalue weighted by molar-refractivity contribution is 6.11. The average Bonchev–Trinajstić information content (AvgIpc) is 3.15. The van der Waals surface area contributed by atoms with Gasteiger partial charge in [0.1, 0.15) is 17.9 Å². The lowest BCUT2D eigenvalue weighted by Gasteiger charge is -2.48. The van der Waals surface area contributed by atoms with Crippen molar-refractivity contribution in [3.63, 3.8) is 0 Å². The number of hydrogen-bond donors (Lipinski definition) is 2. The van der Waals surface area contributed by atoms with Gasteiger partial charge >= 0.3 is 6.18 Å². The number of nitriles is 1. The molecule has 0 aromatic heterocycles. The third-order valence-corrected chi connectivity index (χ3v) is 6.35. The quantitative estimate of drug-likeness (QED) is 0.637. The van der Waals surface area contributed by atoms with Crippen molar-refractivity contribution >= 4 is 23.0 Å². The minimum absolute atomic E-state index is 0.0534. The summed E-state index contributed by atoms with van der Waals surface area (Å²) in [6.07, 6.45) is -2.77. The summed E-state index contributed by atoms with van der Waals surface area (Å²) in [6.45, 7) is 2.47. The Balaban J connectivity index is 1.90. The van der Waals surface area contributed by atoms with Gasteiger partial charge in [-0.05, 0) is 50.1 Å². The summed E-state index contributed by atoms with van der Waals surface area (Å²) in [5.74, 6) is -1.64. The third-order valence-electron chi connectivity index (χ3n) is 6.35. The first kappa shape index (κ1) is 24.6. The van der Waals surface area contributed by atoms with Crippen LogP contribution in [-0.2, 0) is 4.79 Å². The summed E-state index contributed by atoms with van der Waals surface area (Å²) in [5, 5.41) is 16.7. The number of hydrazone groups is 1.